The lowest BCUT2D eigenvalue weighted by atomic mass is 10.0. The molecule has 1 aliphatic rings. The molecule has 1 aliphatic heterocycles. The van der Waals surface area contributed by atoms with Gasteiger partial charge in [0.05, 0.1) is 6.42 Å². The summed E-state index contributed by atoms with van der Waals surface area (Å²) in [5.74, 6) is 1.30. The summed E-state index contributed by atoms with van der Waals surface area (Å²) in [7, 11) is 0. The number of nitrogens with zero attached hydrogens (tertiary/aromatic N) is 4. The SMILES string of the molecule is CC(C)c1ccc(CC(=O)N2CCN(c3nccc(Cl)n3)CC2)cc1. The Bertz CT molecular complexity index is 724. The van der Waals surface area contributed by atoms with Crippen molar-refractivity contribution >= 4 is 23.5 Å². The van der Waals surface area contributed by atoms with Crippen molar-refractivity contribution in [1.82, 2.24) is 14.9 Å². The summed E-state index contributed by atoms with van der Waals surface area (Å²) in [5, 5.41) is 0.438. The van der Waals surface area contributed by atoms with Crippen molar-refractivity contribution in [1.29, 1.82) is 0 Å². The van der Waals surface area contributed by atoms with Gasteiger partial charge in [-0.05, 0) is 23.1 Å². The average molecular weight is 359 g/mol. The third-order valence-corrected chi connectivity index (χ3v) is 4.74. The Kier molecular flexibility index (Phi) is 5.53. The second kappa shape index (κ2) is 7.83. The quantitative estimate of drug-likeness (QED) is 0.788. The van der Waals surface area contributed by atoms with Crippen LogP contribution in [0.25, 0.3) is 0 Å². The van der Waals surface area contributed by atoms with Crippen LogP contribution >= 0.6 is 11.6 Å². The number of piperazine rings is 1. The zero-order valence-electron chi connectivity index (χ0n) is 14.7. The molecule has 1 saturated heterocycles. The van der Waals surface area contributed by atoms with Gasteiger partial charge in [-0.1, -0.05) is 49.7 Å². The highest BCUT2D eigenvalue weighted by Gasteiger charge is 2.22. The van der Waals surface area contributed by atoms with E-state index in [1.54, 1.807) is 12.3 Å². The molecule has 0 atom stereocenters. The van der Waals surface area contributed by atoms with Crippen molar-refractivity contribution in [3.63, 3.8) is 0 Å². The summed E-state index contributed by atoms with van der Waals surface area (Å²) in [6.45, 7) is 7.14. The Morgan fingerprint density at radius 1 is 1.12 bits per heavy atom. The van der Waals surface area contributed by atoms with E-state index >= 15 is 0 Å². The van der Waals surface area contributed by atoms with Crippen LogP contribution in [0.4, 0.5) is 5.95 Å². The fraction of sp³-hybridized carbons (Fsp3) is 0.421. The van der Waals surface area contributed by atoms with Crippen molar-refractivity contribution in [3.05, 3.63) is 52.8 Å². The molecule has 0 unspecified atom stereocenters. The minimum atomic E-state index is 0.170. The Labute approximate surface area is 153 Å². The number of anilines is 1. The maximum atomic E-state index is 12.5. The minimum absolute atomic E-state index is 0.170. The Hall–Kier alpha value is -2.14. The first kappa shape index (κ1) is 17.7. The molecule has 0 N–H and O–H groups in total. The monoisotopic (exact) mass is 358 g/mol. The van der Waals surface area contributed by atoms with Crippen molar-refractivity contribution < 1.29 is 4.79 Å². The van der Waals surface area contributed by atoms with Gasteiger partial charge in [0.1, 0.15) is 5.15 Å². The number of carbonyl (C=O) groups is 1. The van der Waals surface area contributed by atoms with Crippen molar-refractivity contribution in [3.8, 4) is 0 Å². The summed E-state index contributed by atoms with van der Waals surface area (Å²) < 4.78 is 0. The molecule has 1 amide bonds. The fourth-order valence-corrected chi connectivity index (χ4v) is 3.07. The summed E-state index contributed by atoms with van der Waals surface area (Å²) in [6.07, 6.45) is 2.11. The van der Waals surface area contributed by atoms with E-state index in [9.17, 15) is 4.79 Å². The van der Waals surface area contributed by atoms with Crippen LogP contribution in [0.3, 0.4) is 0 Å². The van der Waals surface area contributed by atoms with Gasteiger partial charge in [0.25, 0.3) is 0 Å². The zero-order chi connectivity index (χ0) is 17.8. The molecule has 0 saturated carbocycles. The molecule has 1 fully saturated rings. The van der Waals surface area contributed by atoms with Crippen LogP contribution in [0.5, 0.6) is 0 Å². The highest BCUT2D eigenvalue weighted by Crippen LogP contribution is 2.17. The molecule has 0 aliphatic carbocycles. The number of hydrogen-bond donors (Lipinski definition) is 0. The van der Waals surface area contributed by atoms with Gasteiger partial charge in [-0.25, -0.2) is 9.97 Å². The molecule has 1 aromatic heterocycles. The topological polar surface area (TPSA) is 49.3 Å². The summed E-state index contributed by atoms with van der Waals surface area (Å²) in [6, 6.07) is 10.0. The van der Waals surface area contributed by atoms with Gasteiger partial charge in [-0.15, -0.1) is 0 Å². The van der Waals surface area contributed by atoms with E-state index < -0.39 is 0 Å². The van der Waals surface area contributed by atoms with Crippen LogP contribution in [0.1, 0.15) is 30.9 Å². The first-order chi connectivity index (χ1) is 12.0. The molecular weight excluding hydrogens is 336 g/mol. The van der Waals surface area contributed by atoms with E-state index in [0.29, 0.717) is 36.5 Å². The zero-order valence-corrected chi connectivity index (χ0v) is 15.4. The molecule has 0 bridgehead atoms. The largest absolute Gasteiger partial charge is 0.339 e. The second-order valence-electron chi connectivity index (χ2n) is 6.62. The molecule has 132 valence electrons. The summed E-state index contributed by atoms with van der Waals surface area (Å²) in [4.78, 5) is 25.0. The van der Waals surface area contributed by atoms with Crippen molar-refractivity contribution in [2.24, 2.45) is 0 Å². The van der Waals surface area contributed by atoms with E-state index in [0.717, 1.165) is 18.7 Å². The van der Waals surface area contributed by atoms with E-state index in [4.69, 9.17) is 11.6 Å². The van der Waals surface area contributed by atoms with Gasteiger partial charge in [0.15, 0.2) is 0 Å². The Morgan fingerprint density at radius 3 is 2.40 bits per heavy atom. The van der Waals surface area contributed by atoms with E-state index in [1.165, 1.54) is 5.56 Å². The van der Waals surface area contributed by atoms with Gasteiger partial charge in [0, 0.05) is 32.4 Å². The molecule has 1 aromatic carbocycles. The first-order valence-corrected chi connectivity index (χ1v) is 9.01. The van der Waals surface area contributed by atoms with Crippen LogP contribution in [-0.2, 0) is 11.2 Å². The van der Waals surface area contributed by atoms with Crippen LogP contribution in [0.15, 0.2) is 36.5 Å². The maximum Gasteiger partial charge on any atom is 0.227 e. The molecule has 25 heavy (non-hydrogen) atoms. The molecule has 2 aromatic rings. The number of benzene rings is 1. The number of rotatable bonds is 4. The summed E-state index contributed by atoms with van der Waals surface area (Å²) in [5.41, 5.74) is 2.36. The summed E-state index contributed by atoms with van der Waals surface area (Å²) >= 11 is 5.92. The highest BCUT2D eigenvalue weighted by molar-refractivity contribution is 6.29. The van der Waals surface area contributed by atoms with Gasteiger partial charge in [0.2, 0.25) is 11.9 Å². The molecule has 5 nitrogen and oxygen atoms in total. The molecule has 6 heteroatoms. The van der Waals surface area contributed by atoms with E-state index in [1.807, 2.05) is 4.90 Å². The van der Waals surface area contributed by atoms with Crippen molar-refractivity contribution in [2.75, 3.05) is 31.1 Å². The number of carbonyl (C=O) groups excluding carboxylic acids is 1. The lowest BCUT2D eigenvalue weighted by Crippen LogP contribution is -2.49. The molecule has 3 rings (SSSR count). The Balaban J connectivity index is 1.54. The van der Waals surface area contributed by atoms with E-state index in [-0.39, 0.29) is 5.91 Å². The average Bonchev–Trinajstić information content (AvgIpc) is 2.62. The maximum absolute atomic E-state index is 12.5. The van der Waals surface area contributed by atoms with Gasteiger partial charge in [-0.3, -0.25) is 4.79 Å². The van der Waals surface area contributed by atoms with Crippen LogP contribution < -0.4 is 4.90 Å². The van der Waals surface area contributed by atoms with Crippen molar-refractivity contribution in [2.45, 2.75) is 26.2 Å². The molecule has 0 radical (unpaired) electrons. The molecule has 0 spiro atoms. The third kappa shape index (κ3) is 4.48. The van der Waals surface area contributed by atoms with Gasteiger partial charge in [-0.2, -0.15) is 0 Å². The standard InChI is InChI=1S/C19H23ClN4O/c1-14(2)16-5-3-15(4-6-16)13-18(25)23-9-11-24(12-10-23)19-21-8-7-17(20)22-19/h3-8,14H,9-13H2,1-2H3. The first-order valence-electron chi connectivity index (χ1n) is 8.63. The number of amides is 1. The minimum Gasteiger partial charge on any atom is -0.339 e. The van der Waals surface area contributed by atoms with Crippen LogP contribution in [0.2, 0.25) is 5.15 Å². The van der Waals surface area contributed by atoms with Crippen LogP contribution in [0, 0.1) is 0 Å². The van der Waals surface area contributed by atoms with E-state index in [2.05, 4.69) is 53.0 Å². The second-order valence-corrected chi connectivity index (χ2v) is 7.01. The predicted octanol–water partition coefficient (Wildman–Crippen LogP) is 3.14. The highest BCUT2D eigenvalue weighted by atomic mass is 35.5. The van der Waals surface area contributed by atoms with Gasteiger partial charge < -0.3 is 9.80 Å². The fourth-order valence-electron chi connectivity index (χ4n) is 2.94. The lowest BCUT2D eigenvalue weighted by Gasteiger charge is -2.34. The lowest BCUT2D eigenvalue weighted by molar-refractivity contribution is -0.130. The molecule has 2 heterocycles. The Morgan fingerprint density at radius 2 is 1.80 bits per heavy atom. The van der Waals surface area contributed by atoms with Crippen LogP contribution in [-0.4, -0.2) is 47.0 Å². The normalized spacial score (nSPS) is 14.9. The molecular formula is C19H23ClN4O. The third-order valence-electron chi connectivity index (χ3n) is 4.53. The smallest absolute Gasteiger partial charge is 0.227 e. The predicted molar refractivity (Wildman–Crippen MR) is 100 cm³/mol. The number of aromatic nitrogens is 2. The number of halogens is 1. The number of hydrogen-bond acceptors (Lipinski definition) is 4. The van der Waals surface area contributed by atoms with Gasteiger partial charge >= 0.3 is 0 Å².